The first-order chi connectivity index (χ1) is 17.0. The number of rotatable bonds is 10. The Labute approximate surface area is 214 Å². The van der Waals surface area contributed by atoms with Gasteiger partial charge in [-0.05, 0) is 53.0 Å². The van der Waals surface area contributed by atoms with Gasteiger partial charge in [0.2, 0.25) is 5.91 Å². The third-order valence-corrected chi connectivity index (χ3v) is 8.75. The molecule has 2 unspecified atom stereocenters. The van der Waals surface area contributed by atoms with E-state index in [-0.39, 0.29) is 19.1 Å². The summed E-state index contributed by atoms with van der Waals surface area (Å²) in [4.78, 5) is 43.1. The number of carbonyl (C=O) groups is 3. The summed E-state index contributed by atoms with van der Waals surface area (Å²) in [6.45, 7) is 1.46. The van der Waals surface area contributed by atoms with E-state index in [9.17, 15) is 14.4 Å². The highest BCUT2D eigenvalue weighted by Crippen LogP contribution is 2.39. The topological polar surface area (TPSA) is 97.8 Å². The Balaban J connectivity index is 1.40. The van der Waals surface area contributed by atoms with Crippen LogP contribution in [0.3, 0.4) is 0 Å². The lowest BCUT2D eigenvalue weighted by atomic mass is 9.89. The molecule has 3 aromatic rings. The maximum Gasteiger partial charge on any atom is 0.325 e. The van der Waals surface area contributed by atoms with Crippen molar-refractivity contribution in [1.82, 2.24) is 15.2 Å². The third-order valence-electron chi connectivity index (χ3n) is 5.25. The van der Waals surface area contributed by atoms with Crippen LogP contribution in [0.15, 0.2) is 69.9 Å². The molecule has 0 bridgehead atoms. The number of hydrogen-bond donors (Lipinski definition) is 1. The van der Waals surface area contributed by atoms with Crippen molar-refractivity contribution in [1.29, 1.82) is 0 Å². The lowest BCUT2D eigenvalue weighted by Crippen LogP contribution is -2.72. The minimum absolute atomic E-state index is 0.187. The zero-order chi connectivity index (χ0) is 24.8. The van der Waals surface area contributed by atoms with Gasteiger partial charge in [-0.15, -0.1) is 11.3 Å². The molecule has 1 aliphatic heterocycles. The molecular formula is C24H23N3O5S3. The van der Waals surface area contributed by atoms with Crippen molar-refractivity contribution >= 4 is 60.9 Å². The summed E-state index contributed by atoms with van der Waals surface area (Å²) in [7, 11) is 4.26. The Hall–Kier alpha value is -3.02. The van der Waals surface area contributed by atoms with Crippen molar-refractivity contribution in [2.45, 2.75) is 23.3 Å². The molecule has 0 spiro atoms. The normalized spacial score (nSPS) is 17.7. The highest BCUT2D eigenvalue weighted by molar-refractivity contribution is 8.78. The molecule has 0 saturated carbocycles. The lowest BCUT2D eigenvalue weighted by molar-refractivity contribution is -0.159. The quantitative estimate of drug-likeness (QED) is 0.240. The molecule has 35 heavy (non-hydrogen) atoms. The van der Waals surface area contributed by atoms with E-state index in [0.29, 0.717) is 5.75 Å². The summed E-state index contributed by atoms with van der Waals surface area (Å²) in [5, 5.41) is 4.65. The molecule has 2 amide bonds. The first-order valence-electron chi connectivity index (χ1n) is 10.7. The number of β-lactam (4-membered cyclic amide) rings is 1. The first-order valence-corrected chi connectivity index (χ1v) is 13.7. The number of methoxy groups -OCH3 is 1. The van der Waals surface area contributed by atoms with Crippen molar-refractivity contribution < 1.29 is 23.9 Å². The Bertz CT molecular complexity index is 1210. The Morgan fingerprint density at radius 3 is 2.66 bits per heavy atom. The largest absolute Gasteiger partial charge is 0.484 e. The summed E-state index contributed by atoms with van der Waals surface area (Å²) >= 11 is 1.61. The second-order valence-electron chi connectivity index (χ2n) is 7.62. The van der Waals surface area contributed by atoms with E-state index in [0.717, 1.165) is 20.1 Å². The van der Waals surface area contributed by atoms with Crippen LogP contribution in [-0.4, -0.2) is 60.0 Å². The molecular weight excluding hydrogens is 506 g/mol. The fraction of sp³-hybridized carbons (Fsp3) is 0.250. The van der Waals surface area contributed by atoms with Crippen LogP contribution in [0.5, 0.6) is 5.75 Å². The number of fused-ring (bicyclic) bond motifs is 1. The van der Waals surface area contributed by atoms with Crippen LogP contribution in [-0.2, 0) is 19.1 Å². The fourth-order valence-corrected chi connectivity index (χ4v) is 6.83. The van der Waals surface area contributed by atoms with Crippen LogP contribution >= 0.6 is 32.9 Å². The van der Waals surface area contributed by atoms with Gasteiger partial charge < -0.3 is 19.7 Å². The molecule has 4 rings (SSSR count). The van der Waals surface area contributed by atoms with E-state index in [1.165, 1.54) is 33.6 Å². The van der Waals surface area contributed by atoms with Gasteiger partial charge in [0.1, 0.15) is 18.3 Å². The third kappa shape index (κ3) is 6.16. The van der Waals surface area contributed by atoms with E-state index < -0.39 is 24.0 Å². The molecule has 1 aliphatic rings. The molecule has 2 heterocycles. The molecule has 2 atom stereocenters. The number of nitrogens with zero attached hydrogens (tertiary/aromatic N) is 2. The average molecular weight is 530 g/mol. The number of likely N-dealkylation sites (tertiary alicyclic amines) is 1. The molecule has 2 aromatic carbocycles. The number of carbonyl (C=O) groups excluding carboxylic acids is 3. The van der Waals surface area contributed by atoms with Crippen LogP contribution in [0.25, 0.3) is 10.2 Å². The molecule has 0 aliphatic carbocycles. The van der Waals surface area contributed by atoms with E-state index >= 15 is 0 Å². The lowest BCUT2D eigenvalue weighted by Gasteiger charge is -2.47. The number of nitrogens with one attached hydrogen (secondary N) is 1. The zero-order valence-corrected chi connectivity index (χ0v) is 21.5. The number of thiazole rings is 1. The van der Waals surface area contributed by atoms with Gasteiger partial charge in [0.15, 0.2) is 10.9 Å². The minimum atomic E-state index is -0.782. The Kier molecular flexibility index (Phi) is 8.32. The maximum atomic E-state index is 12.7. The van der Waals surface area contributed by atoms with Crippen molar-refractivity contribution in [3.8, 4) is 5.75 Å². The highest BCUT2D eigenvalue weighted by atomic mass is 33.1. The van der Waals surface area contributed by atoms with Crippen LogP contribution in [0.4, 0.5) is 0 Å². The first kappa shape index (κ1) is 25.1. The number of hydrogen-bond acceptors (Lipinski definition) is 9. The van der Waals surface area contributed by atoms with Gasteiger partial charge in [0.25, 0.3) is 5.91 Å². The van der Waals surface area contributed by atoms with Gasteiger partial charge in [-0.2, -0.15) is 0 Å². The van der Waals surface area contributed by atoms with Crippen molar-refractivity contribution in [2.75, 3.05) is 20.3 Å². The van der Waals surface area contributed by atoms with E-state index in [2.05, 4.69) is 10.3 Å². The van der Waals surface area contributed by atoms with Crippen LogP contribution in [0, 0.1) is 0 Å². The minimum Gasteiger partial charge on any atom is -0.484 e. The van der Waals surface area contributed by atoms with Crippen LogP contribution in [0.2, 0.25) is 0 Å². The molecule has 1 saturated heterocycles. The predicted molar refractivity (Wildman–Crippen MR) is 138 cm³/mol. The number of benzene rings is 2. The van der Waals surface area contributed by atoms with Gasteiger partial charge in [0.05, 0.1) is 23.4 Å². The molecule has 11 heteroatoms. The molecule has 1 aromatic heterocycles. The Morgan fingerprint density at radius 1 is 1.17 bits per heavy atom. The van der Waals surface area contributed by atoms with E-state index in [1.807, 2.05) is 54.8 Å². The van der Waals surface area contributed by atoms with Crippen LogP contribution in [0.1, 0.15) is 6.92 Å². The monoisotopic (exact) mass is 529 g/mol. The summed E-state index contributed by atoms with van der Waals surface area (Å²) in [6, 6.07) is 15.6. The SMILES string of the molecule is COC(=O)CN1C(=O)C(NC(=O)COc2ccccc2)C1C(C)=CSSc1nc2ccccc2s1. The summed E-state index contributed by atoms with van der Waals surface area (Å²) in [5.41, 5.74) is 1.79. The van der Waals surface area contributed by atoms with Crippen molar-refractivity contribution in [2.24, 2.45) is 0 Å². The fourth-order valence-electron chi connectivity index (χ4n) is 3.56. The van der Waals surface area contributed by atoms with Crippen molar-refractivity contribution in [3.63, 3.8) is 0 Å². The van der Waals surface area contributed by atoms with Crippen molar-refractivity contribution in [3.05, 3.63) is 65.6 Å². The molecule has 8 nitrogen and oxygen atoms in total. The number of ether oxygens (including phenoxy) is 2. The summed E-state index contributed by atoms with van der Waals surface area (Å²) < 4.78 is 12.2. The molecule has 1 fully saturated rings. The predicted octanol–water partition coefficient (Wildman–Crippen LogP) is 3.89. The number of para-hydroxylation sites is 2. The van der Waals surface area contributed by atoms with E-state index in [1.54, 1.807) is 23.5 Å². The van der Waals surface area contributed by atoms with Gasteiger partial charge >= 0.3 is 5.97 Å². The molecule has 1 N–H and O–H groups in total. The summed E-state index contributed by atoms with van der Waals surface area (Å²) in [5.74, 6) is -0.722. The van der Waals surface area contributed by atoms with Gasteiger partial charge in [0, 0.05) is 0 Å². The van der Waals surface area contributed by atoms with Gasteiger partial charge in [-0.25, -0.2) is 4.98 Å². The second kappa shape index (κ2) is 11.6. The Morgan fingerprint density at radius 2 is 1.91 bits per heavy atom. The van der Waals surface area contributed by atoms with Gasteiger partial charge in [-0.3, -0.25) is 14.4 Å². The smallest absolute Gasteiger partial charge is 0.325 e. The molecule has 182 valence electrons. The standard InChI is InChI=1S/C24H23N3O5S3/c1-15(14-33-35-24-25-17-10-6-7-11-18(17)34-24)22-21(23(30)27(22)12-20(29)31-2)26-19(28)13-32-16-8-4-3-5-9-16/h3-11,14,21-22H,12-13H2,1-2H3,(H,26,28). The second-order valence-corrected chi connectivity index (χ2v) is 11.0. The maximum absolute atomic E-state index is 12.7. The number of aromatic nitrogens is 1. The average Bonchev–Trinajstić information content (AvgIpc) is 3.29. The van der Waals surface area contributed by atoms with Gasteiger partial charge in [-0.1, -0.05) is 41.1 Å². The molecule has 0 radical (unpaired) electrons. The number of esters is 1. The van der Waals surface area contributed by atoms with E-state index in [4.69, 9.17) is 9.47 Å². The van der Waals surface area contributed by atoms with Crippen LogP contribution < -0.4 is 10.1 Å². The zero-order valence-electron chi connectivity index (χ0n) is 19.0. The highest BCUT2D eigenvalue weighted by Gasteiger charge is 2.49. The number of amides is 2. The summed E-state index contributed by atoms with van der Waals surface area (Å²) in [6.07, 6.45) is 0.